The topological polar surface area (TPSA) is 89.1 Å². The molecule has 1 aromatic rings. The standard InChI is InChI=1S/C16H23N3O5/c1-11(6-8-22-2)17-15(20)18-12-4-5-13(14(10-12)23-3)19-7-9-24-16(19)21/h4-5,10-11H,6-9H2,1-3H3,(H2,17,18,20)/t11-/m0/s1. The van der Waals surface area contributed by atoms with Crippen molar-refractivity contribution in [2.24, 2.45) is 0 Å². The Labute approximate surface area is 141 Å². The lowest BCUT2D eigenvalue weighted by atomic mass is 10.2. The van der Waals surface area contributed by atoms with E-state index in [1.165, 1.54) is 12.0 Å². The van der Waals surface area contributed by atoms with Crippen LogP contribution in [-0.2, 0) is 9.47 Å². The van der Waals surface area contributed by atoms with Crippen molar-refractivity contribution in [3.05, 3.63) is 18.2 Å². The van der Waals surface area contributed by atoms with E-state index >= 15 is 0 Å². The van der Waals surface area contributed by atoms with Crippen LogP contribution in [0.1, 0.15) is 13.3 Å². The molecule has 1 heterocycles. The molecule has 0 spiro atoms. The van der Waals surface area contributed by atoms with Crippen molar-refractivity contribution in [3.63, 3.8) is 0 Å². The van der Waals surface area contributed by atoms with E-state index in [1.54, 1.807) is 25.3 Å². The Balaban J connectivity index is 2.01. The maximum atomic E-state index is 12.0. The Morgan fingerprint density at radius 2 is 2.21 bits per heavy atom. The van der Waals surface area contributed by atoms with Gasteiger partial charge in [-0.3, -0.25) is 4.90 Å². The van der Waals surface area contributed by atoms with Gasteiger partial charge in [0.15, 0.2) is 0 Å². The summed E-state index contributed by atoms with van der Waals surface area (Å²) >= 11 is 0. The second-order valence-electron chi connectivity index (χ2n) is 5.43. The van der Waals surface area contributed by atoms with Gasteiger partial charge in [-0.1, -0.05) is 0 Å². The predicted octanol–water partition coefficient (Wildman–Crippen LogP) is 2.20. The van der Waals surface area contributed by atoms with Crippen LogP contribution in [0.25, 0.3) is 0 Å². The zero-order valence-corrected chi connectivity index (χ0v) is 14.1. The SMILES string of the molecule is COCC[C@H](C)NC(=O)Nc1ccc(N2CCOC2=O)c(OC)c1. The summed E-state index contributed by atoms with van der Waals surface area (Å²) in [5.41, 5.74) is 1.18. The van der Waals surface area contributed by atoms with Gasteiger partial charge in [-0.2, -0.15) is 0 Å². The van der Waals surface area contributed by atoms with Gasteiger partial charge in [-0.25, -0.2) is 9.59 Å². The Morgan fingerprint density at radius 3 is 2.83 bits per heavy atom. The van der Waals surface area contributed by atoms with E-state index < -0.39 is 6.09 Å². The average Bonchev–Trinajstić information content (AvgIpc) is 2.98. The molecule has 2 N–H and O–H groups in total. The number of rotatable bonds is 7. The number of hydrogen-bond donors (Lipinski definition) is 2. The summed E-state index contributed by atoms with van der Waals surface area (Å²) in [6, 6.07) is 4.78. The molecule has 1 aliphatic heterocycles. The normalized spacial score (nSPS) is 15.0. The van der Waals surface area contributed by atoms with Crippen molar-refractivity contribution in [1.29, 1.82) is 0 Å². The molecule has 1 fully saturated rings. The van der Waals surface area contributed by atoms with Crippen LogP contribution in [0.5, 0.6) is 5.75 Å². The number of benzene rings is 1. The van der Waals surface area contributed by atoms with E-state index in [9.17, 15) is 9.59 Å². The maximum Gasteiger partial charge on any atom is 0.414 e. The molecule has 2 rings (SSSR count). The van der Waals surface area contributed by atoms with Crippen LogP contribution in [-0.4, -0.2) is 52.1 Å². The summed E-state index contributed by atoms with van der Waals surface area (Å²) in [5.74, 6) is 0.485. The van der Waals surface area contributed by atoms with Crippen molar-refractivity contribution >= 4 is 23.5 Å². The van der Waals surface area contributed by atoms with E-state index in [0.717, 1.165) is 6.42 Å². The molecule has 1 aromatic carbocycles. The molecule has 24 heavy (non-hydrogen) atoms. The third-order valence-electron chi connectivity index (χ3n) is 3.62. The van der Waals surface area contributed by atoms with Gasteiger partial charge in [0.1, 0.15) is 12.4 Å². The van der Waals surface area contributed by atoms with Gasteiger partial charge in [-0.15, -0.1) is 0 Å². The first kappa shape index (κ1) is 17.9. The highest BCUT2D eigenvalue weighted by atomic mass is 16.6. The fourth-order valence-electron chi connectivity index (χ4n) is 2.35. The predicted molar refractivity (Wildman–Crippen MR) is 89.8 cm³/mol. The van der Waals surface area contributed by atoms with Crippen LogP contribution in [0.2, 0.25) is 0 Å². The Morgan fingerprint density at radius 1 is 1.42 bits per heavy atom. The Hall–Kier alpha value is -2.48. The number of methoxy groups -OCH3 is 2. The van der Waals surface area contributed by atoms with Crippen LogP contribution < -0.4 is 20.3 Å². The first-order valence-corrected chi connectivity index (χ1v) is 7.74. The Kier molecular flexibility index (Phi) is 6.25. The molecule has 0 saturated carbocycles. The van der Waals surface area contributed by atoms with Crippen LogP contribution in [0.3, 0.4) is 0 Å². The van der Waals surface area contributed by atoms with E-state index in [2.05, 4.69) is 10.6 Å². The first-order chi connectivity index (χ1) is 11.5. The molecule has 0 aliphatic carbocycles. The van der Waals surface area contributed by atoms with Crippen molar-refractivity contribution in [2.45, 2.75) is 19.4 Å². The molecule has 8 heteroatoms. The van der Waals surface area contributed by atoms with Crippen molar-refractivity contribution in [2.75, 3.05) is 44.2 Å². The van der Waals surface area contributed by atoms with Crippen LogP contribution in [0, 0.1) is 0 Å². The van der Waals surface area contributed by atoms with E-state index in [1.807, 2.05) is 6.92 Å². The highest BCUT2D eigenvalue weighted by molar-refractivity contribution is 5.93. The van der Waals surface area contributed by atoms with Crippen molar-refractivity contribution in [3.8, 4) is 5.75 Å². The average molecular weight is 337 g/mol. The number of carbonyl (C=O) groups is 2. The fourth-order valence-corrected chi connectivity index (χ4v) is 2.35. The number of nitrogens with one attached hydrogen (secondary N) is 2. The number of cyclic esters (lactones) is 1. The minimum atomic E-state index is -0.404. The second kappa shape index (κ2) is 8.39. The van der Waals surface area contributed by atoms with Gasteiger partial charge in [0, 0.05) is 31.5 Å². The largest absolute Gasteiger partial charge is 0.494 e. The van der Waals surface area contributed by atoms with Gasteiger partial charge in [-0.05, 0) is 25.5 Å². The minimum Gasteiger partial charge on any atom is -0.494 e. The summed E-state index contributed by atoms with van der Waals surface area (Å²) in [4.78, 5) is 25.2. The summed E-state index contributed by atoms with van der Waals surface area (Å²) in [5, 5.41) is 5.57. The highest BCUT2D eigenvalue weighted by Gasteiger charge is 2.26. The molecular weight excluding hydrogens is 314 g/mol. The number of ether oxygens (including phenoxy) is 3. The number of urea groups is 1. The number of nitrogens with zero attached hydrogens (tertiary/aromatic N) is 1. The quantitative estimate of drug-likeness (QED) is 0.796. The van der Waals surface area contributed by atoms with E-state index in [0.29, 0.717) is 36.9 Å². The summed E-state index contributed by atoms with van der Waals surface area (Å²) in [6.07, 6.45) is 0.321. The molecule has 3 amide bonds. The van der Waals surface area contributed by atoms with Gasteiger partial charge in [0.2, 0.25) is 0 Å². The number of amides is 3. The molecule has 1 aliphatic rings. The molecule has 0 aromatic heterocycles. The lowest BCUT2D eigenvalue weighted by Gasteiger charge is -2.18. The van der Waals surface area contributed by atoms with Crippen LogP contribution in [0.15, 0.2) is 18.2 Å². The van der Waals surface area contributed by atoms with Crippen LogP contribution >= 0.6 is 0 Å². The molecular formula is C16H23N3O5. The van der Waals surface area contributed by atoms with Crippen molar-refractivity contribution in [1.82, 2.24) is 5.32 Å². The minimum absolute atomic E-state index is 0.00881. The third kappa shape index (κ3) is 4.51. The monoisotopic (exact) mass is 337 g/mol. The van der Waals surface area contributed by atoms with E-state index in [-0.39, 0.29) is 12.1 Å². The lowest BCUT2D eigenvalue weighted by Crippen LogP contribution is -2.36. The molecule has 1 atom stereocenters. The smallest absolute Gasteiger partial charge is 0.414 e. The first-order valence-electron chi connectivity index (χ1n) is 7.74. The molecule has 0 radical (unpaired) electrons. The summed E-state index contributed by atoms with van der Waals surface area (Å²) in [6.45, 7) is 3.31. The van der Waals surface area contributed by atoms with Crippen molar-refractivity contribution < 1.29 is 23.8 Å². The zero-order valence-electron chi connectivity index (χ0n) is 14.1. The number of hydrogen-bond acceptors (Lipinski definition) is 5. The number of carbonyl (C=O) groups excluding carboxylic acids is 2. The lowest BCUT2D eigenvalue weighted by molar-refractivity contribution is 0.181. The molecule has 1 saturated heterocycles. The molecule has 132 valence electrons. The summed E-state index contributed by atoms with van der Waals surface area (Å²) < 4.78 is 15.2. The molecule has 8 nitrogen and oxygen atoms in total. The third-order valence-corrected chi connectivity index (χ3v) is 3.62. The fraction of sp³-hybridized carbons (Fsp3) is 0.500. The highest BCUT2D eigenvalue weighted by Crippen LogP contribution is 2.32. The maximum absolute atomic E-state index is 12.0. The van der Waals surface area contributed by atoms with Gasteiger partial charge < -0.3 is 24.8 Å². The van der Waals surface area contributed by atoms with E-state index in [4.69, 9.17) is 14.2 Å². The Bertz CT molecular complexity index is 593. The van der Waals surface area contributed by atoms with Gasteiger partial charge in [0.05, 0.1) is 19.3 Å². The summed E-state index contributed by atoms with van der Waals surface area (Å²) in [7, 11) is 3.13. The zero-order chi connectivity index (χ0) is 17.5. The second-order valence-corrected chi connectivity index (χ2v) is 5.43. The van der Waals surface area contributed by atoms with Gasteiger partial charge in [0.25, 0.3) is 0 Å². The van der Waals surface area contributed by atoms with Gasteiger partial charge >= 0.3 is 12.1 Å². The number of anilines is 2. The molecule has 0 bridgehead atoms. The molecule has 0 unspecified atom stereocenters. The van der Waals surface area contributed by atoms with Crippen LogP contribution in [0.4, 0.5) is 21.0 Å².